The maximum Gasteiger partial charge on any atom is 0.168 e. The lowest BCUT2D eigenvalue weighted by Gasteiger charge is -2.06. The smallest absolute Gasteiger partial charge is 0.168 e. The Morgan fingerprint density at radius 2 is 2.15 bits per heavy atom. The number of ketones is 1. The van der Waals surface area contributed by atoms with Gasteiger partial charge in [0.2, 0.25) is 0 Å². The fourth-order valence-corrected chi connectivity index (χ4v) is 1.58. The van der Waals surface area contributed by atoms with E-state index in [1.165, 1.54) is 0 Å². The minimum atomic E-state index is -0.0926. The third-order valence-corrected chi connectivity index (χ3v) is 2.87. The van der Waals surface area contributed by atoms with E-state index in [1.54, 1.807) is 12.1 Å². The number of Topliss-reactive ketones (excluding diaryl/α,β-unsaturated/α-hetero) is 1. The van der Waals surface area contributed by atoms with Crippen molar-refractivity contribution >= 4 is 17.4 Å². The second-order valence-electron chi connectivity index (χ2n) is 3.90. The zero-order valence-electron chi connectivity index (χ0n) is 7.51. The van der Waals surface area contributed by atoms with Crippen LogP contribution in [-0.4, -0.2) is 5.78 Å². The highest BCUT2D eigenvalue weighted by Gasteiger charge is 2.44. The molecule has 0 N–H and O–H groups in total. The Balaban J connectivity index is 2.30. The summed E-state index contributed by atoms with van der Waals surface area (Å²) >= 11 is 5.81. The average molecular weight is 195 g/mol. The Morgan fingerprint density at radius 3 is 2.69 bits per heavy atom. The number of hydrogen-bond acceptors (Lipinski definition) is 1. The van der Waals surface area contributed by atoms with Crippen LogP contribution in [0.1, 0.15) is 30.1 Å². The average Bonchev–Trinajstić information content (AvgIpc) is 2.84. The molecule has 0 unspecified atom stereocenters. The van der Waals surface area contributed by atoms with E-state index in [2.05, 4.69) is 0 Å². The van der Waals surface area contributed by atoms with Gasteiger partial charge in [0.15, 0.2) is 5.78 Å². The van der Waals surface area contributed by atoms with Crippen molar-refractivity contribution in [3.05, 3.63) is 34.9 Å². The van der Waals surface area contributed by atoms with Crippen molar-refractivity contribution in [1.82, 2.24) is 0 Å². The number of carbonyl (C=O) groups is 1. The van der Waals surface area contributed by atoms with E-state index in [0.717, 1.165) is 18.4 Å². The molecule has 0 aliphatic heterocycles. The van der Waals surface area contributed by atoms with Gasteiger partial charge < -0.3 is 0 Å². The lowest BCUT2D eigenvalue weighted by molar-refractivity contribution is 0.0912. The van der Waals surface area contributed by atoms with Gasteiger partial charge >= 0.3 is 0 Å². The molecule has 0 aromatic heterocycles. The quantitative estimate of drug-likeness (QED) is 0.661. The standard InChI is InChI=1S/C11H11ClO/c1-11(5-6-11)10(13)8-3-2-4-9(12)7-8/h2-4,7H,5-6H2,1H3. The molecule has 13 heavy (non-hydrogen) atoms. The maximum absolute atomic E-state index is 11.8. The Labute approximate surface area is 82.7 Å². The van der Waals surface area contributed by atoms with E-state index >= 15 is 0 Å². The molecule has 2 heteroatoms. The van der Waals surface area contributed by atoms with Crippen molar-refractivity contribution in [2.45, 2.75) is 19.8 Å². The number of carbonyl (C=O) groups excluding carboxylic acids is 1. The number of hydrogen-bond donors (Lipinski definition) is 0. The van der Waals surface area contributed by atoms with Crippen LogP contribution in [0.25, 0.3) is 0 Å². The third kappa shape index (κ3) is 1.61. The van der Waals surface area contributed by atoms with Gasteiger partial charge in [0, 0.05) is 16.0 Å². The molecule has 1 aromatic carbocycles. The highest BCUT2D eigenvalue weighted by Crippen LogP contribution is 2.47. The second kappa shape index (κ2) is 2.85. The molecular formula is C11H11ClO. The summed E-state index contributed by atoms with van der Waals surface area (Å²) in [5, 5.41) is 0.634. The Bertz CT molecular complexity index is 353. The summed E-state index contributed by atoms with van der Waals surface area (Å²) in [5.74, 6) is 0.231. The molecule has 1 aliphatic carbocycles. The molecule has 0 spiro atoms. The molecule has 2 rings (SSSR count). The predicted molar refractivity (Wildman–Crippen MR) is 53.1 cm³/mol. The molecule has 0 amide bonds. The van der Waals surface area contributed by atoms with Gasteiger partial charge in [-0.15, -0.1) is 0 Å². The summed E-state index contributed by atoms with van der Waals surface area (Å²) in [4.78, 5) is 11.8. The molecule has 1 nitrogen and oxygen atoms in total. The summed E-state index contributed by atoms with van der Waals surface area (Å²) in [6.07, 6.45) is 2.02. The van der Waals surface area contributed by atoms with Gasteiger partial charge in [0.25, 0.3) is 0 Å². The first-order chi connectivity index (χ1) is 6.12. The Hall–Kier alpha value is -0.820. The second-order valence-corrected chi connectivity index (χ2v) is 4.34. The van der Waals surface area contributed by atoms with Gasteiger partial charge in [-0.3, -0.25) is 4.79 Å². The normalized spacial score (nSPS) is 18.3. The molecule has 0 saturated heterocycles. The van der Waals surface area contributed by atoms with Crippen LogP contribution in [0.5, 0.6) is 0 Å². The summed E-state index contributed by atoms with van der Waals surface area (Å²) in [5.41, 5.74) is 0.650. The number of halogens is 1. The van der Waals surface area contributed by atoms with Crippen LogP contribution in [0.3, 0.4) is 0 Å². The molecule has 1 aliphatic rings. The Morgan fingerprint density at radius 1 is 1.46 bits per heavy atom. The SMILES string of the molecule is CC1(C(=O)c2cccc(Cl)c2)CC1. The van der Waals surface area contributed by atoms with Crippen molar-refractivity contribution in [2.75, 3.05) is 0 Å². The highest BCUT2D eigenvalue weighted by molar-refractivity contribution is 6.31. The first kappa shape index (κ1) is 8.76. The fraction of sp³-hybridized carbons (Fsp3) is 0.364. The van der Waals surface area contributed by atoms with Gasteiger partial charge in [-0.2, -0.15) is 0 Å². The van der Waals surface area contributed by atoms with Crippen LogP contribution >= 0.6 is 11.6 Å². The van der Waals surface area contributed by atoms with Crippen LogP contribution < -0.4 is 0 Å². The van der Waals surface area contributed by atoms with Crippen molar-refractivity contribution in [1.29, 1.82) is 0 Å². The van der Waals surface area contributed by atoms with E-state index in [1.807, 2.05) is 19.1 Å². The summed E-state index contributed by atoms with van der Waals surface area (Å²) in [7, 11) is 0. The zero-order valence-corrected chi connectivity index (χ0v) is 8.27. The largest absolute Gasteiger partial charge is 0.294 e. The fourth-order valence-electron chi connectivity index (χ4n) is 1.39. The van der Waals surface area contributed by atoms with Gasteiger partial charge in [-0.25, -0.2) is 0 Å². The summed E-state index contributed by atoms with van der Waals surface area (Å²) < 4.78 is 0. The molecule has 1 aromatic rings. The topological polar surface area (TPSA) is 17.1 Å². The van der Waals surface area contributed by atoms with Crippen LogP contribution in [0.4, 0.5) is 0 Å². The van der Waals surface area contributed by atoms with Gasteiger partial charge in [-0.1, -0.05) is 30.7 Å². The first-order valence-electron chi connectivity index (χ1n) is 4.42. The zero-order chi connectivity index (χ0) is 9.47. The van der Waals surface area contributed by atoms with Crippen LogP contribution in [-0.2, 0) is 0 Å². The maximum atomic E-state index is 11.8. The van der Waals surface area contributed by atoms with Crippen LogP contribution in [0.2, 0.25) is 5.02 Å². The van der Waals surface area contributed by atoms with Crippen molar-refractivity contribution in [3.8, 4) is 0 Å². The molecule has 68 valence electrons. The minimum Gasteiger partial charge on any atom is -0.294 e. The van der Waals surface area contributed by atoms with E-state index in [0.29, 0.717) is 5.02 Å². The van der Waals surface area contributed by atoms with Crippen molar-refractivity contribution in [3.63, 3.8) is 0 Å². The molecular weight excluding hydrogens is 184 g/mol. The van der Waals surface area contributed by atoms with Crippen LogP contribution in [0.15, 0.2) is 24.3 Å². The molecule has 0 atom stereocenters. The lowest BCUT2D eigenvalue weighted by atomic mass is 9.97. The van der Waals surface area contributed by atoms with Gasteiger partial charge in [0.05, 0.1) is 0 Å². The third-order valence-electron chi connectivity index (χ3n) is 2.63. The van der Waals surface area contributed by atoms with Gasteiger partial charge in [-0.05, 0) is 25.0 Å². The summed E-state index contributed by atoms with van der Waals surface area (Å²) in [6, 6.07) is 7.18. The lowest BCUT2D eigenvalue weighted by Crippen LogP contribution is -2.11. The first-order valence-corrected chi connectivity index (χ1v) is 4.80. The molecule has 1 fully saturated rings. The van der Waals surface area contributed by atoms with E-state index < -0.39 is 0 Å². The highest BCUT2D eigenvalue weighted by atomic mass is 35.5. The minimum absolute atomic E-state index is 0.0926. The van der Waals surface area contributed by atoms with E-state index in [-0.39, 0.29) is 11.2 Å². The number of benzene rings is 1. The number of rotatable bonds is 2. The summed E-state index contributed by atoms with van der Waals surface area (Å²) in [6.45, 7) is 2.01. The Kier molecular flexibility index (Phi) is 1.92. The van der Waals surface area contributed by atoms with Crippen molar-refractivity contribution in [2.24, 2.45) is 5.41 Å². The predicted octanol–water partition coefficient (Wildman–Crippen LogP) is 3.32. The molecule has 0 heterocycles. The van der Waals surface area contributed by atoms with E-state index in [4.69, 9.17) is 11.6 Å². The van der Waals surface area contributed by atoms with Gasteiger partial charge in [0.1, 0.15) is 0 Å². The molecule has 0 radical (unpaired) electrons. The van der Waals surface area contributed by atoms with E-state index in [9.17, 15) is 4.79 Å². The molecule has 1 saturated carbocycles. The van der Waals surface area contributed by atoms with Crippen LogP contribution in [0, 0.1) is 5.41 Å². The monoisotopic (exact) mass is 194 g/mol. The molecule has 0 bridgehead atoms. The van der Waals surface area contributed by atoms with Crippen molar-refractivity contribution < 1.29 is 4.79 Å².